The van der Waals surface area contributed by atoms with E-state index in [-0.39, 0.29) is 12.6 Å². The molecule has 102 valence electrons. The summed E-state index contributed by atoms with van der Waals surface area (Å²) in [5, 5.41) is 16.5. The van der Waals surface area contributed by atoms with E-state index in [0.29, 0.717) is 12.3 Å². The number of urea groups is 1. The summed E-state index contributed by atoms with van der Waals surface area (Å²) in [5.74, 6) is 0.436. The number of aliphatic hydroxyl groups is 1. The van der Waals surface area contributed by atoms with Crippen LogP contribution in [-0.2, 0) is 5.60 Å². The molecule has 0 bridgehead atoms. The number of furan rings is 1. The zero-order valence-corrected chi connectivity index (χ0v) is 11.1. The summed E-state index contributed by atoms with van der Waals surface area (Å²) < 4.78 is 5.60. The summed E-state index contributed by atoms with van der Waals surface area (Å²) in [6.45, 7) is 4.06. The maximum atomic E-state index is 11.3. The van der Waals surface area contributed by atoms with Gasteiger partial charge >= 0.3 is 6.03 Å². The summed E-state index contributed by atoms with van der Waals surface area (Å²) >= 11 is 0. The van der Waals surface area contributed by atoms with Crippen molar-refractivity contribution >= 4 is 17.0 Å². The van der Waals surface area contributed by atoms with E-state index >= 15 is 0 Å². The van der Waals surface area contributed by atoms with E-state index in [0.717, 1.165) is 11.0 Å². The average molecular weight is 262 g/mol. The molecule has 1 atom stereocenters. The van der Waals surface area contributed by atoms with Crippen molar-refractivity contribution < 1.29 is 14.3 Å². The van der Waals surface area contributed by atoms with E-state index in [1.54, 1.807) is 13.0 Å². The molecular weight excluding hydrogens is 244 g/mol. The molecule has 1 aromatic carbocycles. The van der Waals surface area contributed by atoms with Gasteiger partial charge in [0.25, 0.3) is 0 Å². The van der Waals surface area contributed by atoms with Crippen LogP contribution in [-0.4, -0.2) is 24.2 Å². The maximum absolute atomic E-state index is 11.3. The quantitative estimate of drug-likeness (QED) is 0.788. The molecule has 0 aliphatic heterocycles. The zero-order valence-electron chi connectivity index (χ0n) is 11.1. The predicted octanol–water partition coefficient (Wildman–Crippen LogP) is 1.96. The van der Waals surface area contributed by atoms with Crippen LogP contribution >= 0.6 is 0 Å². The molecule has 1 aromatic heterocycles. The number of amides is 2. The number of rotatable bonds is 4. The van der Waals surface area contributed by atoms with Crippen molar-refractivity contribution in [3.8, 4) is 0 Å². The Kier molecular flexibility index (Phi) is 3.76. The molecule has 1 heterocycles. The second kappa shape index (κ2) is 5.32. The first kappa shape index (κ1) is 13.4. The molecule has 0 aliphatic carbocycles. The Labute approximate surface area is 111 Å². The largest absolute Gasteiger partial charge is 0.458 e. The van der Waals surface area contributed by atoms with Crippen LogP contribution in [0, 0.1) is 0 Å². The second-order valence-corrected chi connectivity index (χ2v) is 4.64. The summed E-state index contributed by atoms with van der Waals surface area (Å²) in [4.78, 5) is 11.3. The van der Waals surface area contributed by atoms with Crippen molar-refractivity contribution in [2.75, 3.05) is 13.1 Å². The molecule has 0 saturated carbocycles. The normalized spacial score (nSPS) is 14.1. The minimum absolute atomic E-state index is 0.0820. The van der Waals surface area contributed by atoms with Gasteiger partial charge < -0.3 is 20.2 Å². The van der Waals surface area contributed by atoms with Gasteiger partial charge in [0.15, 0.2) is 0 Å². The van der Waals surface area contributed by atoms with Crippen LogP contribution in [0.15, 0.2) is 34.7 Å². The Balaban J connectivity index is 2.12. The van der Waals surface area contributed by atoms with Crippen molar-refractivity contribution in [2.45, 2.75) is 19.4 Å². The number of nitrogens with one attached hydrogen (secondary N) is 2. The first-order valence-corrected chi connectivity index (χ1v) is 6.26. The fourth-order valence-electron chi connectivity index (χ4n) is 1.81. The molecule has 0 saturated heterocycles. The smallest absolute Gasteiger partial charge is 0.314 e. The Morgan fingerprint density at radius 3 is 2.79 bits per heavy atom. The Hall–Kier alpha value is -2.01. The molecule has 5 heteroatoms. The fraction of sp³-hybridized carbons (Fsp3) is 0.357. The first-order chi connectivity index (χ1) is 9.03. The number of hydrogen-bond donors (Lipinski definition) is 3. The molecule has 1 unspecified atom stereocenters. The first-order valence-electron chi connectivity index (χ1n) is 6.26. The van der Waals surface area contributed by atoms with Gasteiger partial charge in [-0.3, -0.25) is 0 Å². The van der Waals surface area contributed by atoms with E-state index in [9.17, 15) is 9.90 Å². The molecule has 19 heavy (non-hydrogen) atoms. The minimum Gasteiger partial charge on any atom is -0.458 e. The molecule has 2 amide bonds. The van der Waals surface area contributed by atoms with E-state index in [2.05, 4.69) is 10.6 Å². The summed E-state index contributed by atoms with van der Waals surface area (Å²) in [6, 6.07) is 9.01. The summed E-state index contributed by atoms with van der Waals surface area (Å²) in [7, 11) is 0. The third-order valence-electron chi connectivity index (χ3n) is 2.89. The monoisotopic (exact) mass is 262 g/mol. The number of hydrogen-bond acceptors (Lipinski definition) is 3. The van der Waals surface area contributed by atoms with Crippen LogP contribution in [0.4, 0.5) is 4.79 Å². The number of fused-ring (bicyclic) bond motifs is 1. The summed E-state index contributed by atoms with van der Waals surface area (Å²) in [5.41, 5.74) is -0.528. The maximum Gasteiger partial charge on any atom is 0.314 e. The van der Waals surface area contributed by atoms with Gasteiger partial charge in [-0.2, -0.15) is 0 Å². The van der Waals surface area contributed by atoms with Crippen LogP contribution in [0.25, 0.3) is 11.0 Å². The SMILES string of the molecule is CCNC(=O)NCC(C)(O)c1cc2ccccc2o1. The molecule has 0 radical (unpaired) electrons. The fourth-order valence-corrected chi connectivity index (χ4v) is 1.81. The van der Waals surface area contributed by atoms with E-state index in [1.165, 1.54) is 0 Å². The van der Waals surface area contributed by atoms with E-state index in [4.69, 9.17) is 4.42 Å². The van der Waals surface area contributed by atoms with Crippen molar-refractivity contribution in [2.24, 2.45) is 0 Å². The Morgan fingerprint density at radius 2 is 2.11 bits per heavy atom. The van der Waals surface area contributed by atoms with Crippen LogP contribution in [0.2, 0.25) is 0 Å². The van der Waals surface area contributed by atoms with Crippen molar-refractivity contribution in [1.29, 1.82) is 0 Å². The predicted molar refractivity (Wildman–Crippen MR) is 72.9 cm³/mol. The third-order valence-corrected chi connectivity index (χ3v) is 2.89. The highest BCUT2D eigenvalue weighted by Gasteiger charge is 2.28. The van der Waals surface area contributed by atoms with Crippen molar-refractivity contribution in [3.05, 3.63) is 36.1 Å². The van der Waals surface area contributed by atoms with Crippen molar-refractivity contribution in [3.63, 3.8) is 0 Å². The molecular formula is C14H18N2O3. The number of carbonyl (C=O) groups excluding carboxylic acids is 1. The zero-order chi connectivity index (χ0) is 13.9. The molecule has 0 spiro atoms. The van der Waals surface area contributed by atoms with Gasteiger partial charge in [0, 0.05) is 11.9 Å². The number of para-hydroxylation sites is 1. The topological polar surface area (TPSA) is 74.5 Å². The highest BCUT2D eigenvalue weighted by atomic mass is 16.4. The number of benzene rings is 1. The molecule has 3 N–H and O–H groups in total. The van der Waals surface area contributed by atoms with Gasteiger partial charge in [-0.25, -0.2) is 4.79 Å². The molecule has 5 nitrogen and oxygen atoms in total. The molecule has 2 aromatic rings. The van der Waals surface area contributed by atoms with Gasteiger partial charge in [0.05, 0.1) is 6.54 Å². The van der Waals surface area contributed by atoms with Crippen LogP contribution in [0.1, 0.15) is 19.6 Å². The van der Waals surface area contributed by atoms with Crippen LogP contribution in [0.3, 0.4) is 0 Å². The standard InChI is InChI=1S/C14H18N2O3/c1-3-15-13(17)16-9-14(2,18)12-8-10-6-4-5-7-11(10)19-12/h4-8,18H,3,9H2,1-2H3,(H2,15,16,17). The van der Waals surface area contributed by atoms with Gasteiger partial charge in [0.1, 0.15) is 16.9 Å². The van der Waals surface area contributed by atoms with E-state index in [1.807, 2.05) is 31.2 Å². The lowest BCUT2D eigenvalue weighted by Gasteiger charge is -2.21. The lowest BCUT2D eigenvalue weighted by molar-refractivity contribution is 0.0383. The van der Waals surface area contributed by atoms with Gasteiger partial charge in [0.2, 0.25) is 0 Å². The van der Waals surface area contributed by atoms with Crippen molar-refractivity contribution in [1.82, 2.24) is 10.6 Å². The van der Waals surface area contributed by atoms with Gasteiger partial charge in [-0.1, -0.05) is 18.2 Å². The van der Waals surface area contributed by atoms with Crippen LogP contribution < -0.4 is 10.6 Å². The second-order valence-electron chi connectivity index (χ2n) is 4.64. The molecule has 2 rings (SSSR count). The van der Waals surface area contributed by atoms with E-state index < -0.39 is 5.60 Å². The van der Waals surface area contributed by atoms with Crippen LogP contribution in [0.5, 0.6) is 0 Å². The third kappa shape index (κ3) is 3.06. The Bertz CT molecular complexity index is 542. The molecule has 0 fully saturated rings. The lowest BCUT2D eigenvalue weighted by atomic mass is 10.0. The minimum atomic E-state index is -1.25. The number of carbonyl (C=O) groups is 1. The summed E-state index contributed by atoms with van der Waals surface area (Å²) in [6.07, 6.45) is 0. The lowest BCUT2D eigenvalue weighted by Crippen LogP contribution is -2.43. The average Bonchev–Trinajstić information content (AvgIpc) is 2.81. The highest BCUT2D eigenvalue weighted by molar-refractivity contribution is 5.78. The van der Waals surface area contributed by atoms with Gasteiger partial charge in [-0.05, 0) is 26.0 Å². The Morgan fingerprint density at radius 1 is 1.37 bits per heavy atom. The highest BCUT2D eigenvalue weighted by Crippen LogP contribution is 2.27. The molecule has 0 aliphatic rings. The van der Waals surface area contributed by atoms with Gasteiger partial charge in [-0.15, -0.1) is 0 Å².